The highest BCUT2D eigenvalue weighted by atomic mass is 32.1. The van der Waals surface area contributed by atoms with E-state index >= 15 is 0 Å². The zero-order valence-electron chi connectivity index (χ0n) is 20.6. The molecule has 0 bridgehead atoms. The number of H-pyrrole nitrogens is 1. The van der Waals surface area contributed by atoms with Gasteiger partial charge in [-0.3, -0.25) is 0 Å². The lowest BCUT2D eigenvalue weighted by molar-refractivity contribution is 1.54. The average Bonchev–Trinajstić information content (AvgIpc) is 3.55. The summed E-state index contributed by atoms with van der Waals surface area (Å²) in [4.78, 5) is 3.64. The Kier molecular flexibility index (Phi) is 4.76. The summed E-state index contributed by atoms with van der Waals surface area (Å²) in [5, 5.41) is 5.17. The first-order valence-corrected chi connectivity index (χ1v) is 13.8. The van der Waals surface area contributed by atoms with Crippen molar-refractivity contribution in [3.63, 3.8) is 0 Å². The topological polar surface area (TPSA) is 15.8 Å². The van der Waals surface area contributed by atoms with Gasteiger partial charge in [-0.2, -0.15) is 0 Å². The molecule has 2 heterocycles. The molecule has 0 saturated carbocycles. The Morgan fingerprint density at radius 3 is 1.87 bits per heavy atom. The molecule has 38 heavy (non-hydrogen) atoms. The normalized spacial score (nSPS) is 11.7. The Balaban J connectivity index is 1.41. The van der Waals surface area contributed by atoms with Crippen LogP contribution >= 0.6 is 11.3 Å². The SMILES string of the molecule is c1ccc(-c2ccc3sc4c(-c5ccc6c(c5)[nH]c5ccccc56)cc(-c5ccccc5)cc4c3c2)cc1. The lowest BCUT2D eigenvalue weighted by Gasteiger charge is -2.09. The molecule has 0 amide bonds. The molecule has 0 aliphatic carbocycles. The quantitative estimate of drug-likeness (QED) is 0.248. The molecule has 0 fully saturated rings. The predicted molar refractivity (Wildman–Crippen MR) is 165 cm³/mol. The maximum absolute atomic E-state index is 3.64. The molecular weight excluding hydrogens is 478 g/mol. The molecule has 6 aromatic carbocycles. The second kappa shape index (κ2) is 8.44. The zero-order valence-corrected chi connectivity index (χ0v) is 21.4. The van der Waals surface area contributed by atoms with E-state index in [4.69, 9.17) is 0 Å². The van der Waals surface area contributed by atoms with Crippen molar-refractivity contribution in [3.05, 3.63) is 133 Å². The second-order valence-electron chi connectivity index (χ2n) is 9.88. The second-order valence-corrected chi connectivity index (χ2v) is 10.9. The summed E-state index contributed by atoms with van der Waals surface area (Å²) < 4.78 is 2.65. The van der Waals surface area contributed by atoms with E-state index in [9.17, 15) is 0 Å². The van der Waals surface area contributed by atoms with Crippen LogP contribution in [0.15, 0.2) is 133 Å². The number of para-hydroxylation sites is 1. The van der Waals surface area contributed by atoms with Crippen molar-refractivity contribution in [3.8, 4) is 33.4 Å². The highest BCUT2D eigenvalue weighted by molar-refractivity contribution is 7.26. The van der Waals surface area contributed by atoms with Gasteiger partial charge in [0.05, 0.1) is 0 Å². The minimum Gasteiger partial charge on any atom is -0.354 e. The van der Waals surface area contributed by atoms with E-state index in [1.165, 1.54) is 75.4 Å². The molecule has 2 heteroatoms. The summed E-state index contributed by atoms with van der Waals surface area (Å²) in [5.41, 5.74) is 9.86. The van der Waals surface area contributed by atoms with E-state index in [0.29, 0.717) is 0 Å². The van der Waals surface area contributed by atoms with E-state index in [-0.39, 0.29) is 0 Å². The number of hydrogen-bond donors (Lipinski definition) is 1. The fourth-order valence-electron chi connectivity index (χ4n) is 5.72. The first-order chi connectivity index (χ1) is 18.8. The summed E-state index contributed by atoms with van der Waals surface area (Å²) in [6, 6.07) is 48.5. The maximum atomic E-state index is 3.64. The van der Waals surface area contributed by atoms with Crippen LogP contribution in [0.1, 0.15) is 0 Å². The Hall–Kier alpha value is -4.66. The number of aromatic amines is 1. The minimum absolute atomic E-state index is 1.18. The van der Waals surface area contributed by atoms with Gasteiger partial charge in [0.25, 0.3) is 0 Å². The van der Waals surface area contributed by atoms with E-state index in [0.717, 1.165) is 0 Å². The molecule has 2 aromatic heterocycles. The van der Waals surface area contributed by atoms with Crippen LogP contribution in [0.4, 0.5) is 0 Å². The van der Waals surface area contributed by atoms with Crippen molar-refractivity contribution in [2.45, 2.75) is 0 Å². The highest BCUT2D eigenvalue weighted by Crippen LogP contribution is 2.44. The van der Waals surface area contributed by atoms with Gasteiger partial charge < -0.3 is 4.98 Å². The van der Waals surface area contributed by atoms with Gasteiger partial charge in [0.2, 0.25) is 0 Å². The number of hydrogen-bond acceptors (Lipinski definition) is 1. The third kappa shape index (κ3) is 3.38. The molecular formula is C36H23NS. The number of fused-ring (bicyclic) bond motifs is 6. The molecule has 1 nitrogen and oxygen atoms in total. The van der Waals surface area contributed by atoms with Gasteiger partial charge in [-0.15, -0.1) is 11.3 Å². The van der Waals surface area contributed by atoms with Crippen molar-refractivity contribution in [1.82, 2.24) is 4.98 Å². The Morgan fingerprint density at radius 2 is 1.05 bits per heavy atom. The zero-order chi connectivity index (χ0) is 25.1. The van der Waals surface area contributed by atoms with E-state index in [1.54, 1.807) is 0 Å². The van der Waals surface area contributed by atoms with Crippen LogP contribution in [0.25, 0.3) is 75.4 Å². The molecule has 0 unspecified atom stereocenters. The molecule has 0 atom stereocenters. The number of rotatable bonds is 3. The molecule has 0 aliphatic heterocycles. The van der Waals surface area contributed by atoms with Crippen molar-refractivity contribution >= 4 is 53.3 Å². The summed E-state index contributed by atoms with van der Waals surface area (Å²) in [7, 11) is 0. The third-order valence-corrected chi connectivity index (χ3v) is 8.82. The van der Waals surface area contributed by atoms with Crippen molar-refractivity contribution < 1.29 is 0 Å². The molecule has 8 rings (SSSR count). The van der Waals surface area contributed by atoms with Crippen LogP contribution in [0, 0.1) is 0 Å². The average molecular weight is 502 g/mol. The first kappa shape index (κ1) is 21.4. The molecule has 178 valence electrons. The fraction of sp³-hybridized carbons (Fsp3) is 0. The maximum Gasteiger partial charge on any atom is 0.0471 e. The standard InChI is InChI=1S/C36H23NS/c1-3-9-23(10-4-1)25-16-18-35-31(19-25)32-21-27(24-11-5-2-6-12-24)20-30(36(32)38-35)26-15-17-29-28-13-7-8-14-33(28)37-34(29)22-26/h1-22,37H. The van der Waals surface area contributed by atoms with Gasteiger partial charge in [0, 0.05) is 47.5 Å². The number of aromatic nitrogens is 1. The smallest absolute Gasteiger partial charge is 0.0471 e. The summed E-state index contributed by atoms with van der Waals surface area (Å²) in [6.07, 6.45) is 0. The van der Waals surface area contributed by atoms with Crippen LogP contribution in [-0.2, 0) is 0 Å². The predicted octanol–water partition coefficient (Wildman–Crippen LogP) is 10.7. The third-order valence-electron chi connectivity index (χ3n) is 7.60. The van der Waals surface area contributed by atoms with Crippen molar-refractivity contribution in [2.24, 2.45) is 0 Å². The lowest BCUT2D eigenvalue weighted by atomic mass is 9.95. The van der Waals surface area contributed by atoms with Gasteiger partial charge in [0.1, 0.15) is 0 Å². The molecule has 1 N–H and O–H groups in total. The largest absolute Gasteiger partial charge is 0.354 e. The fourth-order valence-corrected chi connectivity index (χ4v) is 6.92. The summed E-state index contributed by atoms with van der Waals surface area (Å²) >= 11 is 1.89. The van der Waals surface area contributed by atoms with Crippen LogP contribution < -0.4 is 0 Å². The van der Waals surface area contributed by atoms with Crippen molar-refractivity contribution in [1.29, 1.82) is 0 Å². The van der Waals surface area contributed by atoms with Crippen LogP contribution in [-0.4, -0.2) is 4.98 Å². The van der Waals surface area contributed by atoms with Gasteiger partial charge in [-0.25, -0.2) is 0 Å². The van der Waals surface area contributed by atoms with Gasteiger partial charge in [-0.1, -0.05) is 97.1 Å². The molecule has 0 saturated heterocycles. The van der Waals surface area contributed by atoms with Crippen LogP contribution in [0.3, 0.4) is 0 Å². The number of nitrogens with one attached hydrogen (secondary N) is 1. The van der Waals surface area contributed by atoms with Crippen LogP contribution in [0.2, 0.25) is 0 Å². The highest BCUT2D eigenvalue weighted by Gasteiger charge is 2.15. The number of benzene rings is 6. The first-order valence-electron chi connectivity index (χ1n) is 12.9. The summed E-state index contributed by atoms with van der Waals surface area (Å²) in [5.74, 6) is 0. The van der Waals surface area contributed by atoms with E-state index < -0.39 is 0 Å². The van der Waals surface area contributed by atoms with Gasteiger partial charge in [0.15, 0.2) is 0 Å². The monoisotopic (exact) mass is 501 g/mol. The Morgan fingerprint density at radius 1 is 0.395 bits per heavy atom. The van der Waals surface area contributed by atoms with Crippen LogP contribution in [0.5, 0.6) is 0 Å². The number of thiophene rings is 1. The van der Waals surface area contributed by atoms with E-state index in [1.807, 2.05) is 11.3 Å². The molecule has 0 radical (unpaired) electrons. The molecule has 0 aliphatic rings. The minimum atomic E-state index is 1.18. The van der Waals surface area contributed by atoms with Gasteiger partial charge >= 0.3 is 0 Å². The Bertz CT molecular complexity index is 2110. The Labute approximate surface area is 224 Å². The van der Waals surface area contributed by atoms with Crippen molar-refractivity contribution in [2.75, 3.05) is 0 Å². The summed E-state index contributed by atoms with van der Waals surface area (Å²) in [6.45, 7) is 0. The lowest BCUT2D eigenvalue weighted by Crippen LogP contribution is -1.84. The molecule has 8 aromatic rings. The molecule has 0 spiro atoms. The van der Waals surface area contributed by atoms with E-state index in [2.05, 4.69) is 138 Å². The van der Waals surface area contributed by atoms with Gasteiger partial charge in [-0.05, 0) is 64.2 Å².